The minimum Gasteiger partial charge on any atom is -0.473 e. The fraction of sp³-hybridized carbons (Fsp3) is 0.105. The monoisotopic (exact) mass is 319 g/mol. The number of rotatable bonds is 6. The summed E-state index contributed by atoms with van der Waals surface area (Å²) in [6.07, 6.45) is 3.20. The molecule has 2 heterocycles. The van der Waals surface area contributed by atoms with E-state index in [2.05, 4.69) is 15.3 Å². The number of benzene rings is 1. The maximum absolute atomic E-state index is 12.1. The van der Waals surface area contributed by atoms with Crippen molar-refractivity contribution in [2.45, 2.75) is 13.2 Å². The molecule has 0 saturated carbocycles. The molecule has 0 aliphatic rings. The Morgan fingerprint density at radius 2 is 1.79 bits per heavy atom. The van der Waals surface area contributed by atoms with Crippen molar-refractivity contribution in [1.82, 2.24) is 15.3 Å². The summed E-state index contributed by atoms with van der Waals surface area (Å²) < 4.78 is 5.60. The quantitative estimate of drug-likeness (QED) is 0.758. The first-order valence-corrected chi connectivity index (χ1v) is 7.62. The van der Waals surface area contributed by atoms with E-state index in [-0.39, 0.29) is 5.91 Å². The SMILES string of the molecule is O=C(NCc1ccccn1)c1ccc(OCc2ccccc2)nc1. The van der Waals surface area contributed by atoms with Crippen LogP contribution in [0.15, 0.2) is 73.1 Å². The number of carbonyl (C=O) groups is 1. The highest BCUT2D eigenvalue weighted by Gasteiger charge is 2.07. The van der Waals surface area contributed by atoms with Gasteiger partial charge in [-0.15, -0.1) is 0 Å². The van der Waals surface area contributed by atoms with Gasteiger partial charge in [-0.25, -0.2) is 4.98 Å². The van der Waals surface area contributed by atoms with E-state index in [1.807, 2.05) is 48.5 Å². The molecule has 5 heteroatoms. The maximum Gasteiger partial charge on any atom is 0.253 e. The zero-order chi connectivity index (χ0) is 16.6. The molecule has 1 N–H and O–H groups in total. The van der Waals surface area contributed by atoms with Crippen LogP contribution < -0.4 is 10.1 Å². The van der Waals surface area contributed by atoms with Crippen LogP contribution in [0.5, 0.6) is 5.88 Å². The van der Waals surface area contributed by atoms with E-state index in [0.717, 1.165) is 11.3 Å². The maximum atomic E-state index is 12.1. The molecule has 1 aromatic carbocycles. The number of ether oxygens (including phenoxy) is 1. The van der Waals surface area contributed by atoms with Gasteiger partial charge in [-0.1, -0.05) is 36.4 Å². The third-order valence-electron chi connectivity index (χ3n) is 3.38. The molecule has 0 aliphatic carbocycles. The van der Waals surface area contributed by atoms with Crippen LogP contribution in [0.3, 0.4) is 0 Å². The molecule has 5 nitrogen and oxygen atoms in total. The zero-order valence-corrected chi connectivity index (χ0v) is 13.1. The normalized spacial score (nSPS) is 10.2. The van der Waals surface area contributed by atoms with Crippen LogP contribution in [-0.2, 0) is 13.2 Å². The van der Waals surface area contributed by atoms with Gasteiger partial charge in [0.15, 0.2) is 0 Å². The van der Waals surface area contributed by atoms with E-state index >= 15 is 0 Å². The first-order valence-electron chi connectivity index (χ1n) is 7.62. The molecule has 3 aromatic rings. The molecule has 24 heavy (non-hydrogen) atoms. The average molecular weight is 319 g/mol. The second-order valence-corrected chi connectivity index (χ2v) is 5.16. The first-order chi connectivity index (χ1) is 11.8. The Hall–Kier alpha value is -3.21. The van der Waals surface area contributed by atoms with Gasteiger partial charge in [0, 0.05) is 18.5 Å². The van der Waals surface area contributed by atoms with E-state index in [0.29, 0.717) is 24.6 Å². The highest BCUT2D eigenvalue weighted by Crippen LogP contribution is 2.10. The van der Waals surface area contributed by atoms with E-state index < -0.39 is 0 Å². The summed E-state index contributed by atoms with van der Waals surface area (Å²) in [7, 11) is 0. The highest BCUT2D eigenvalue weighted by molar-refractivity contribution is 5.93. The fourth-order valence-corrected chi connectivity index (χ4v) is 2.11. The number of hydrogen-bond donors (Lipinski definition) is 1. The van der Waals surface area contributed by atoms with Gasteiger partial charge in [-0.2, -0.15) is 0 Å². The smallest absolute Gasteiger partial charge is 0.253 e. The van der Waals surface area contributed by atoms with Gasteiger partial charge in [0.1, 0.15) is 6.61 Å². The Bertz CT molecular complexity index is 775. The van der Waals surface area contributed by atoms with Gasteiger partial charge in [0.25, 0.3) is 5.91 Å². The lowest BCUT2D eigenvalue weighted by atomic mass is 10.2. The van der Waals surface area contributed by atoms with Crippen LogP contribution in [-0.4, -0.2) is 15.9 Å². The lowest BCUT2D eigenvalue weighted by molar-refractivity contribution is 0.0950. The predicted octanol–water partition coefficient (Wildman–Crippen LogP) is 2.99. The molecule has 0 saturated heterocycles. The van der Waals surface area contributed by atoms with E-state index in [1.54, 1.807) is 18.3 Å². The summed E-state index contributed by atoms with van der Waals surface area (Å²) in [5.41, 5.74) is 2.36. The average Bonchev–Trinajstić information content (AvgIpc) is 2.66. The second kappa shape index (κ2) is 7.87. The zero-order valence-electron chi connectivity index (χ0n) is 13.1. The van der Waals surface area contributed by atoms with Gasteiger partial charge in [-0.3, -0.25) is 9.78 Å². The van der Waals surface area contributed by atoms with Crippen molar-refractivity contribution in [3.05, 3.63) is 89.9 Å². The lowest BCUT2D eigenvalue weighted by Gasteiger charge is -2.07. The number of hydrogen-bond acceptors (Lipinski definition) is 4. The third kappa shape index (κ3) is 4.39. The van der Waals surface area contributed by atoms with Crippen molar-refractivity contribution < 1.29 is 9.53 Å². The van der Waals surface area contributed by atoms with Crippen molar-refractivity contribution in [3.8, 4) is 5.88 Å². The summed E-state index contributed by atoms with van der Waals surface area (Å²) >= 11 is 0. The molecule has 120 valence electrons. The molecule has 0 unspecified atom stereocenters. The summed E-state index contributed by atoms with van der Waals surface area (Å²) in [6, 6.07) is 18.8. The van der Waals surface area contributed by atoms with Crippen molar-refractivity contribution in [3.63, 3.8) is 0 Å². The standard InChI is InChI=1S/C19H17N3O2/c23-19(22-13-17-8-4-5-11-20-17)16-9-10-18(21-12-16)24-14-15-6-2-1-3-7-15/h1-12H,13-14H2,(H,22,23). The molecule has 3 rings (SSSR count). The number of nitrogens with one attached hydrogen (secondary N) is 1. The van der Waals surface area contributed by atoms with Crippen LogP contribution in [0.2, 0.25) is 0 Å². The van der Waals surface area contributed by atoms with E-state index in [4.69, 9.17) is 4.74 Å². The minimum absolute atomic E-state index is 0.192. The first kappa shape index (κ1) is 15.7. The Balaban J connectivity index is 1.53. The topological polar surface area (TPSA) is 64.1 Å². The van der Waals surface area contributed by atoms with Crippen LogP contribution >= 0.6 is 0 Å². The predicted molar refractivity (Wildman–Crippen MR) is 90.4 cm³/mol. The number of pyridine rings is 2. The fourth-order valence-electron chi connectivity index (χ4n) is 2.11. The Kier molecular flexibility index (Phi) is 5.14. The third-order valence-corrected chi connectivity index (χ3v) is 3.38. The molecule has 0 fully saturated rings. The number of carbonyl (C=O) groups excluding carboxylic acids is 1. The van der Waals surface area contributed by atoms with Gasteiger partial charge < -0.3 is 10.1 Å². The molecule has 0 bridgehead atoms. The lowest BCUT2D eigenvalue weighted by Crippen LogP contribution is -2.23. The largest absolute Gasteiger partial charge is 0.473 e. The van der Waals surface area contributed by atoms with Gasteiger partial charge >= 0.3 is 0 Å². The Labute approximate surface area is 140 Å². The number of nitrogens with zero attached hydrogens (tertiary/aromatic N) is 2. The highest BCUT2D eigenvalue weighted by atomic mass is 16.5. The minimum atomic E-state index is -0.192. The summed E-state index contributed by atoms with van der Waals surface area (Å²) in [4.78, 5) is 20.4. The molecule has 0 atom stereocenters. The molecule has 0 radical (unpaired) electrons. The van der Waals surface area contributed by atoms with Crippen molar-refractivity contribution in [2.24, 2.45) is 0 Å². The summed E-state index contributed by atoms with van der Waals surface area (Å²) in [5.74, 6) is 0.294. The Morgan fingerprint density at radius 3 is 2.50 bits per heavy atom. The molecule has 0 aliphatic heterocycles. The molecular weight excluding hydrogens is 302 g/mol. The van der Waals surface area contributed by atoms with Crippen LogP contribution in [0.1, 0.15) is 21.6 Å². The second-order valence-electron chi connectivity index (χ2n) is 5.16. The summed E-state index contributed by atoms with van der Waals surface area (Å²) in [5, 5.41) is 2.81. The van der Waals surface area contributed by atoms with Gasteiger partial charge in [0.05, 0.1) is 17.8 Å². The van der Waals surface area contributed by atoms with Crippen molar-refractivity contribution in [1.29, 1.82) is 0 Å². The van der Waals surface area contributed by atoms with E-state index in [1.165, 1.54) is 6.20 Å². The van der Waals surface area contributed by atoms with Gasteiger partial charge in [-0.05, 0) is 23.8 Å². The molecule has 2 aromatic heterocycles. The van der Waals surface area contributed by atoms with Crippen molar-refractivity contribution >= 4 is 5.91 Å². The van der Waals surface area contributed by atoms with Crippen molar-refractivity contribution in [2.75, 3.05) is 0 Å². The molecule has 1 amide bonds. The van der Waals surface area contributed by atoms with Gasteiger partial charge in [0.2, 0.25) is 5.88 Å². The Morgan fingerprint density at radius 1 is 0.958 bits per heavy atom. The molecular formula is C19H17N3O2. The summed E-state index contributed by atoms with van der Waals surface area (Å²) in [6.45, 7) is 0.824. The van der Waals surface area contributed by atoms with Crippen LogP contribution in [0.25, 0.3) is 0 Å². The number of aromatic nitrogens is 2. The van der Waals surface area contributed by atoms with Crippen LogP contribution in [0, 0.1) is 0 Å². The molecule has 0 spiro atoms. The van der Waals surface area contributed by atoms with E-state index in [9.17, 15) is 4.79 Å². The van der Waals surface area contributed by atoms with Crippen LogP contribution in [0.4, 0.5) is 0 Å². The number of amides is 1.